The SMILES string of the molecule is Cn1c(Cl)cnc1CN1CC(n2cc(C(=O)O)nn2)C1. The fourth-order valence-corrected chi connectivity index (χ4v) is 2.31. The second-order valence-electron chi connectivity index (χ2n) is 4.79. The van der Waals surface area contributed by atoms with Crippen LogP contribution in [0.1, 0.15) is 22.4 Å². The van der Waals surface area contributed by atoms with Gasteiger partial charge in [-0.2, -0.15) is 0 Å². The standard InChI is InChI=1S/C11H13ClN6O2/c1-16-9(12)2-13-10(16)6-17-3-7(4-17)18-5-8(11(19)20)14-15-18/h2,5,7H,3-4,6H2,1H3,(H,19,20). The molecule has 1 saturated heterocycles. The highest BCUT2D eigenvalue weighted by atomic mass is 35.5. The molecule has 0 aromatic carbocycles. The van der Waals surface area contributed by atoms with Gasteiger partial charge in [0.15, 0.2) is 5.69 Å². The van der Waals surface area contributed by atoms with Crippen molar-refractivity contribution in [1.29, 1.82) is 0 Å². The van der Waals surface area contributed by atoms with Crippen LogP contribution in [0.15, 0.2) is 12.4 Å². The Labute approximate surface area is 119 Å². The molecule has 20 heavy (non-hydrogen) atoms. The van der Waals surface area contributed by atoms with Crippen LogP contribution in [0.5, 0.6) is 0 Å². The van der Waals surface area contributed by atoms with E-state index >= 15 is 0 Å². The molecule has 2 aromatic heterocycles. The Balaban J connectivity index is 1.58. The molecule has 1 aliphatic rings. The lowest BCUT2D eigenvalue weighted by molar-refractivity contribution is 0.0689. The van der Waals surface area contributed by atoms with Gasteiger partial charge in [-0.3, -0.25) is 4.90 Å². The first-order valence-electron chi connectivity index (χ1n) is 6.08. The predicted molar refractivity (Wildman–Crippen MR) is 69.5 cm³/mol. The van der Waals surface area contributed by atoms with Gasteiger partial charge in [0.2, 0.25) is 0 Å². The normalized spacial score (nSPS) is 16.3. The van der Waals surface area contributed by atoms with Crippen molar-refractivity contribution >= 4 is 17.6 Å². The maximum absolute atomic E-state index is 10.7. The van der Waals surface area contributed by atoms with Crippen molar-refractivity contribution in [3.63, 3.8) is 0 Å². The molecule has 0 saturated carbocycles. The first-order chi connectivity index (χ1) is 9.54. The van der Waals surface area contributed by atoms with Crippen LogP contribution < -0.4 is 0 Å². The number of aromatic nitrogens is 5. The minimum absolute atomic E-state index is 0.0284. The topological polar surface area (TPSA) is 89.1 Å². The van der Waals surface area contributed by atoms with Crippen molar-refractivity contribution in [3.05, 3.63) is 29.1 Å². The number of hydrogen-bond donors (Lipinski definition) is 1. The molecular weight excluding hydrogens is 284 g/mol. The van der Waals surface area contributed by atoms with Gasteiger partial charge in [-0.25, -0.2) is 14.5 Å². The zero-order chi connectivity index (χ0) is 14.3. The Morgan fingerprint density at radius 2 is 2.30 bits per heavy atom. The van der Waals surface area contributed by atoms with Gasteiger partial charge in [0.1, 0.15) is 11.0 Å². The van der Waals surface area contributed by atoms with E-state index in [4.69, 9.17) is 16.7 Å². The number of likely N-dealkylation sites (tertiary alicyclic amines) is 1. The smallest absolute Gasteiger partial charge is 0.358 e. The van der Waals surface area contributed by atoms with Gasteiger partial charge in [-0.1, -0.05) is 16.8 Å². The molecule has 3 heterocycles. The van der Waals surface area contributed by atoms with Gasteiger partial charge < -0.3 is 9.67 Å². The number of aromatic carboxylic acids is 1. The van der Waals surface area contributed by atoms with Crippen molar-refractivity contribution in [2.75, 3.05) is 13.1 Å². The van der Waals surface area contributed by atoms with Gasteiger partial charge in [0, 0.05) is 20.1 Å². The van der Waals surface area contributed by atoms with Gasteiger partial charge in [-0.15, -0.1) is 5.10 Å². The summed E-state index contributed by atoms with van der Waals surface area (Å²) in [5, 5.41) is 16.9. The molecule has 2 aromatic rings. The van der Waals surface area contributed by atoms with Crippen LogP contribution in [-0.2, 0) is 13.6 Å². The van der Waals surface area contributed by atoms with Crippen LogP contribution in [0, 0.1) is 0 Å². The number of nitrogens with zero attached hydrogens (tertiary/aromatic N) is 6. The predicted octanol–water partition coefficient (Wildman–Crippen LogP) is 0.420. The van der Waals surface area contributed by atoms with E-state index in [0.717, 1.165) is 18.9 Å². The number of imidazole rings is 1. The quantitative estimate of drug-likeness (QED) is 0.879. The highest BCUT2D eigenvalue weighted by Gasteiger charge is 2.30. The molecule has 9 heteroatoms. The minimum atomic E-state index is -1.06. The number of halogens is 1. The Morgan fingerprint density at radius 1 is 1.55 bits per heavy atom. The zero-order valence-corrected chi connectivity index (χ0v) is 11.5. The van der Waals surface area contributed by atoms with E-state index < -0.39 is 5.97 Å². The lowest BCUT2D eigenvalue weighted by Crippen LogP contribution is -2.47. The molecule has 8 nitrogen and oxygen atoms in total. The first kappa shape index (κ1) is 13.1. The van der Waals surface area contributed by atoms with E-state index in [-0.39, 0.29) is 11.7 Å². The molecule has 0 amide bonds. The number of carbonyl (C=O) groups is 1. The molecule has 1 aliphatic heterocycles. The maximum Gasteiger partial charge on any atom is 0.358 e. The first-order valence-corrected chi connectivity index (χ1v) is 6.46. The highest BCUT2D eigenvalue weighted by molar-refractivity contribution is 6.29. The monoisotopic (exact) mass is 296 g/mol. The van der Waals surface area contributed by atoms with Crippen molar-refractivity contribution < 1.29 is 9.90 Å². The molecule has 0 bridgehead atoms. The lowest BCUT2D eigenvalue weighted by Gasteiger charge is -2.38. The third-order valence-electron chi connectivity index (χ3n) is 3.43. The fourth-order valence-electron chi connectivity index (χ4n) is 2.16. The summed E-state index contributed by atoms with van der Waals surface area (Å²) in [6, 6.07) is 0.159. The molecule has 0 aliphatic carbocycles. The average Bonchev–Trinajstić information content (AvgIpc) is 2.94. The van der Waals surface area contributed by atoms with Crippen LogP contribution in [0.2, 0.25) is 5.15 Å². The number of carboxylic acids is 1. The maximum atomic E-state index is 10.7. The lowest BCUT2D eigenvalue weighted by atomic mass is 10.1. The molecular formula is C11H13ClN6O2. The van der Waals surface area contributed by atoms with E-state index in [0.29, 0.717) is 11.7 Å². The Morgan fingerprint density at radius 3 is 2.85 bits per heavy atom. The van der Waals surface area contributed by atoms with Crippen molar-refractivity contribution in [2.24, 2.45) is 7.05 Å². The molecule has 0 radical (unpaired) electrons. The third kappa shape index (κ3) is 2.27. The van der Waals surface area contributed by atoms with Gasteiger partial charge in [0.05, 0.1) is 25.0 Å². The average molecular weight is 297 g/mol. The van der Waals surface area contributed by atoms with Crippen LogP contribution >= 0.6 is 11.6 Å². The van der Waals surface area contributed by atoms with E-state index in [1.165, 1.54) is 6.20 Å². The molecule has 106 valence electrons. The van der Waals surface area contributed by atoms with E-state index in [9.17, 15) is 4.79 Å². The van der Waals surface area contributed by atoms with Crippen molar-refractivity contribution in [1.82, 2.24) is 29.4 Å². The van der Waals surface area contributed by atoms with Crippen LogP contribution in [0.4, 0.5) is 0 Å². The molecule has 1 fully saturated rings. The third-order valence-corrected chi connectivity index (χ3v) is 3.79. The summed E-state index contributed by atoms with van der Waals surface area (Å²) in [6.07, 6.45) is 3.09. The van der Waals surface area contributed by atoms with Crippen molar-refractivity contribution in [3.8, 4) is 0 Å². The molecule has 3 rings (SSSR count). The Kier molecular flexibility index (Phi) is 3.19. The summed E-state index contributed by atoms with van der Waals surface area (Å²) in [7, 11) is 1.87. The largest absolute Gasteiger partial charge is 0.476 e. The molecule has 0 unspecified atom stereocenters. The van der Waals surface area contributed by atoms with E-state index in [2.05, 4.69) is 20.2 Å². The highest BCUT2D eigenvalue weighted by Crippen LogP contribution is 2.22. The number of hydrogen-bond acceptors (Lipinski definition) is 5. The van der Waals surface area contributed by atoms with Gasteiger partial charge >= 0.3 is 5.97 Å². The summed E-state index contributed by atoms with van der Waals surface area (Å²) in [4.78, 5) is 17.2. The Bertz CT molecular complexity index is 645. The number of carboxylic acid groups (broad SMARTS) is 1. The van der Waals surface area contributed by atoms with Gasteiger partial charge in [0.25, 0.3) is 0 Å². The van der Waals surface area contributed by atoms with Crippen LogP contribution in [0.25, 0.3) is 0 Å². The van der Waals surface area contributed by atoms with Crippen LogP contribution in [-0.4, -0.2) is 53.6 Å². The van der Waals surface area contributed by atoms with E-state index in [1.807, 2.05) is 11.6 Å². The second kappa shape index (κ2) is 4.88. The van der Waals surface area contributed by atoms with Crippen LogP contribution in [0.3, 0.4) is 0 Å². The summed E-state index contributed by atoms with van der Waals surface area (Å²) >= 11 is 5.93. The molecule has 0 spiro atoms. The van der Waals surface area contributed by atoms with Gasteiger partial charge in [-0.05, 0) is 0 Å². The fraction of sp³-hybridized carbons (Fsp3) is 0.455. The summed E-state index contributed by atoms with van der Waals surface area (Å²) in [5.74, 6) is -0.159. The minimum Gasteiger partial charge on any atom is -0.476 e. The summed E-state index contributed by atoms with van der Waals surface area (Å²) in [5.41, 5.74) is -0.0284. The molecule has 0 atom stereocenters. The van der Waals surface area contributed by atoms with Crippen molar-refractivity contribution in [2.45, 2.75) is 12.6 Å². The summed E-state index contributed by atoms with van der Waals surface area (Å²) < 4.78 is 3.44. The zero-order valence-electron chi connectivity index (χ0n) is 10.8. The van der Waals surface area contributed by atoms with E-state index in [1.54, 1.807) is 10.9 Å². The second-order valence-corrected chi connectivity index (χ2v) is 5.18. The summed E-state index contributed by atoms with van der Waals surface area (Å²) in [6.45, 7) is 2.28. The molecule has 1 N–H and O–H groups in total. The Hall–Kier alpha value is -1.93. The number of rotatable bonds is 4.